The summed E-state index contributed by atoms with van der Waals surface area (Å²) in [6.45, 7) is 1.13. The van der Waals surface area contributed by atoms with E-state index < -0.39 is 18.3 Å². The maximum atomic E-state index is 10.3. The largest absolute Gasteiger partial charge is 0.453 e. The van der Waals surface area contributed by atoms with E-state index in [9.17, 15) is 38.4 Å². The van der Waals surface area contributed by atoms with Crippen LogP contribution < -0.4 is 21.3 Å². The Morgan fingerprint density at radius 3 is 1.21 bits per heavy atom. The molecule has 0 atom stereocenters. The lowest BCUT2D eigenvalue weighted by molar-refractivity contribution is -0.119. The van der Waals surface area contributed by atoms with Crippen molar-refractivity contribution in [3.63, 3.8) is 0 Å². The summed E-state index contributed by atoms with van der Waals surface area (Å²) >= 11 is 0. The van der Waals surface area contributed by atoms with Gasteiger partial charge < -0.3 is 40.6 Å². The SMILES string of the molecule is C.CO.COC(=O)NCN=C=O.COC(=O)NCN=C=O.COC(=O)NCNC(C)=O.O=C=NCN=C=O. The molecular weight excluding hydrogens is 520 g/mol. The van der Waals surface area contributed by atoms with E-state index >= 15 is 0 Å². The molecule has 0 radical (unpaired) electrons. The van der Waals surface area contributed by atoms with Crippen LogP contribution >= 0.6 is 0 Å². The summed E-state index contributed by atoms with van der Waals surface area (Å²) in [5.41, 5.74) is 0. The van der Waals surface area contributed by atoms with Crippen molar-refractivity contribution < 1.29 is 57.7 Å². The molecule has 20 heteroatoms. The van der Waals surface area contributed by atoms with Crippen LogP contribution in [0, 0.1) is 0 Å². The summed E-state index contributed by atoms with van der Waals surface area (Å²) in [5, 5.41) is 15.9. The molecule has 0 unspecified atom stereocenters. The molecule has 0 rings (SSSR count). The van der Waals surface area contributed by atoms with Crippen molar-refractivity contribution >= 4 is 48.5 Å². The molecule has 0 aromatic heterocycles. The second kappa shape index (κ2) is 45.3. The van der Waals surface area contributed by atoms with Crippen molar-refractivity contribution in [2.75, 3.05) is 55.1 Å². The van der Waals surface area contributed by atoms with Crippen LogP contribution in [0.15, 0.2) is 20.0 Å². The fourth-order valence-electron chi connectivity index (χ4n) is 0.823. The Morgan fingerprint density at radius 1 is 0.632 bits per heavy atom. The number of ether oxygens (including phenoxy) is 3. The predicted octanol–water partition coefficient (Wildman–Crippen LogP) is -1.43. The summed E-state index contributed by atoms with van der Waals surface area (Å²) in [5.74, 6) is -0.198. The molecule has 0 saturated carbocycles. The van der Waals surface area contributed by atoms with Gasteiger partial charge in [-0.15, -0.1) is 0 Å². The number of nitrogens with zero attached hydrogens (tertiary/aromatic N) is 4. The molecule has 0 aromatic rings. The van der Waals surface area contributed by atoms with Crippen molar-refractivity contribution in [1.29, 1.82) is 0 Å². The highest BCUT2D eigenvalue weighted by atomic mass is 16.5. The number of carbonyl (C=O) groups is 4. The molecule has 0 aliphatic carbocycles. The standard InChI is InChI=1S/C5H10N2O3.2C4H6N2O3.C3H2N2O2.CH4O.CH4/c1-4(8)6-3-7-5(9)10-2;2*1-9-4(8)6-2-5-3-7;6-2-4-1-5-3-7;1-2;/h3H2,1-2H3,(H,6,8)(H,7,9);2*2H2,1H3,(H,6,8);1H2;2H,1H3;1H4. The average molecular weight is 552 g/mol. The van der Waals surface area contributed by atoms with Gasteiger partial charge in [0.25, 0.3) is 0 Å². The van der Waals surface area contributed by atoms with E-state index in [1.54, 1.807) is 0 Å². The number of nitrogens with one attached hydrogen (secondary N) is 4. The molecule has 4 amide bonds. The van der Waals surface area contributed by atoms with Gasteiger partial charge in [-0.2, -0.15) is 20.0 Å². The van der Waals surface area contributed by atoms with Crippen LogP contribution in [0.5, 0.6) is 0 Å². The molecule has 0 aliphatic heterocycles. The van der Waals surface area contributed by atoms with E-state index in [4.69, 9.17) is 5.11 Å². The second-order valence-electron chi connectivity index (χ2n) is 4.37. The van der Waals surface area contributed by atoms with E-state index in [-0.39, 0.29) is 40.0 Å². The molecule has 216 valence electrons. The van der Waals surface area contributed by atoms with Gasteiger partial charge in [-0.25, -0.2) is 33.6 Å². The normalized spacial score (nSPS) is 6.79. The molecule has 0 heterocycles. The van der Waals surface area contributed by atoms with Gasteiger partial charge in [0.1, 0.15) is 13.3 Å². The number of aliphatic hydroxyl groups is 1. The Labute approximate surface area is 217 Å². The number of carbonyl (C=O) groups excluding carboxylic acids is 8. The lowest BCUT2D eigenvalue weighted by Gasteiger charge is -2.02. The van der Waals surface area contributed by atoms with Gasteiger partial charge in [-0.05, 0) is 0 Å². The van der Waals surface area contributed by atoms with Crippen LogP contribution in [0.2, 0.25) is 0 Å². The Morgan fingerprint density at radius 2 is 0.947 bits per heavy atom. The second-order valence-corrected chi connectivity index (χ2v) is 4.37. The fourth-order valence-corrected chi connectivity index (χ4v) is 0.823. The van der Waals surface area contributed by atoms with Gasteiger partial charge in [0, 0.05) is 14.0 Å². The topological polar surface area (TPSA) is 282 Å². The molecule has 5 N–H and O–H groups in total. The maximum absolute atomic E-state index is 10.3. The maximum Gasteiger partial charge on any atom is 0.408 e. The van der Waals surface area contributed by atoms with Crippen molar-refractivity contribution in [2.24, 2.45) is 20.0 Å². The van der Waals surface area contributed by atoms with Crippen molar-refractivity contribution in [3.8, 4) is 0 Å². The van der Waals surface area contributed by atoms with Crippen LogP contribution in [0.25, 0.3) is 0 Å². The Bertz CT molecular complexity index is 764. The number of alkyl carbamates (subject to hydrolysis) is 3. The third-order valence-electron chi connectivity index (χ3n) is 2.13. The zero-order valence-electron chi connectivity index (χ0n) is 20.6. The number of aliphatic imine (C=N–C) groups is 4. The smallest absolute Gasteiger partial charge is 0.408 e. The number of isocyanates is 4. The van der Waals surface area contributed by atoms with Gasteiger partial charge >= 0.3 is 18.3 Å². The van der Waals surface area contributed by atoms with Gasteiger partial charge in [0.05, 0.1) is 28.0 Å². The summed E-state index contributed by atoms with van der Waals surface area (Å²) in [7, 11) is 4.70. The van der Waals surface area contributed by atoms with E-state index in [0.717, 1.165) is 7.11 Å². The lowest BCUT2D eigenvalue weighted by Crippen LogP contribution is -2.35. The summed E-state index contributed by atoms with van der Waals surface area (Å²) in [4.78, 5) is 90.0. The highest BCUT2D eigenvalue weighted by molar-refractivity contribution is 5.73. The van der Waals surface area contributed by atoms with E-state index in [0.29, 0.717) is 0 Å². The van der Waals surface area contributed by atoms with E-state index in [2.05, 4.69) is 55.4 Å². The number of aliphatic hydroxyl groups excluding tert-OH is 1. The highest BCUT2D eigenvalue weighted by Gasteiger charge is 1.95. The third-order valence-corrected chi connectivity index (χ3v) is 2.13. The Hall–Kier alpha value is -5.24. The molecule has 20 nitrogen and oxygen atoms in total. The lowest BCUT2D eigenvalue weighted by atomic mass is 10.7. The van der Waals surface area contributed by atoms with Crippen LogP contribution in [-0.4, -0.2) is 109 Å². The fraction of sp³-hybridized carbons (Fsp3) is 0.556. The van der Waals surface area contributed by atoms with E-state index in [1.807, 2.05) is 0 Å². The molecular formula is C18H32N8O12. The number of rotatable bonds is 8. The van der Waals surface area contributed by atoms with Gasteiger partial charge in [0.15, 0.2) is 6.67 Å². The van der Waals surface area contributed by atoms with Crippen molar-refractivity contribution in [1.82, 2.24) is 21.3 Å². The third kappa shape index (κ3) is 63.2. The van der Waals surface area contributed by atoms with E-state index in [1.165, 1.54) is 52.6 Å². The quantitative estimate of drug-likeness (QED) is 0.100. The molecule has 0 aliphatic rings. The van der Waals surface area contributed by atoms with Crippen LogP contribution in [0.4, 0.5) is 14.4 Å². The van der Waals surface area contributed by atoms with Gasteiger partial charge in [-0.3, -0.25) is 4.79 Å². The van der Waals surface area contributed by atoms with Crippen LogP contribution in [-0.2, 0) is 38.2 Å². The monoisotopic (exact) mass is 552 g/mol. The first-order valence-corrected chi connectivity index (χ1v) is 8.99. The van der Waals surface area contributed by atoms with Crippen molar-refractivity contribution in [2.45, 2.75) is 14.4 Å². The number of hydrogen-bond donors (Lipinski definition) is 5. The zero-order valence-corrected chi connectivity index (χ0v) is 20.6. The average Bonchev–Trinajstić information content (AvgIpc) is 2.91. The molecule has 0 spiro atoms. The number of methoxy groups -OCH3 is 3. The predicted molar refractivity (Wildman–Crippen MR) is 127 cm³/mol. The number of hydrogen-bond acceptors (Lipinski definition) is 16. The Kier molecular flexibility index (Phi) is 55.0. The molecule has 38 heavy (non-hydrogen) atoms. The Balaban J connectivity index is -0.0000000876. The van der Waals surface area contributed by atoms with Crippen LogP contribution in [0.3, 0.4) is 0 Å². The first-order valence-electron chi connectivity index (χ1n) is 8.99. The van der Waals surface area contributed by atoms with Gasteiger partial charge in [-0.1, -0.05) is 7.43 Å². The molecule has 0 aromatic carbocycles. The zero-order chi connectivity index (χ0) is 29.7. The summed E-state index contributed by atoms with van der Waals surface area (Å²) < 4.78 is 12.5. The summed E-state index contributed by atoms with van der Waals surface area (Å²) in [6.07, 6.45) is 3.12. The summed E-state index contributed by atoms with van der Waals surface area (Å²) in [6, 6.07) is 0. The first kappa shape index (κ1) is 46.1. The molecule has 0 bridgehead atoms. The van der Waals surface area contributed by atoms with Gasteiger partial charge in [0.2, 0.25) is 30.2 Å². The minimum atomic E-state index is -0.617. The molecule has 0 saturated heterocycles. The minimum absolute atomic E-state index is 0. The minimum Gasteiger partial charge on any atom is -0.453 e. The van der Waals surface area contributed by atoms with Crippen LogP contribution in [0.1, 0.15) is 14.4 Å². The number of amides is 4. The molecule has 0 fully saturated rings. The highest BCUT2D eigenvalue weighted by Crippen LogP contribution is 1.69. The first-order chi connectivity index (χ1) is 17.7. The van der Waals surface area contributed by atoms with Crippen molar-refractivity contribution in [3.05, 3.63) is 0 Å².